The zero-order valence-electron chi connectivity index (χ0n) is 9.95. The fourth-order valence-electron chi connectivity index (χ4n) is 1.85. The highest BCUT2D eigenvalue weighted by Crippen LogP contribution is 2.25. The lowest BCUT2D eigenvalue weighted by molar-refractivity contribution is 0.546. The fraction of sp³-hybridized carbons (Fsp3) is 0.462. The molecule has 0 spiro atoms. The Bertz CT molecular complexity index is 363. The van der Waals surface area contributed by atoms with Crippen molar-refractivity contribution in [3.63, 3.8) is 0 Å². The molecule has 0 radical (unpaired) electrons. The molecule has 1 rings (SSSR count). The van der Waals surface area contributed by atoms with Gasteiger partial charge in [0.1, 0.15) is 5.75 Å². The minimum Gasteiger partial charge on any atom is -0.432 e. The number of ether oxygens (including phenoxy) is 1. The van der Waals surface area contributed by atoms with Gasteiger partial charge in [0.25, 0.3) is 5.17 Å². The van der Waals surface area contributed by atoms with E-state index in [1.807, 2.05) is 12.1 Å². The van der Waals surface area contributed by atoms with Gasteiger partial charge in [-0.2, -0.15) is 0 Å². The van der Waals surface area contributed by atoms with Crippen LogP contribution in [0.4, 0.5) is 0 Å². The van der Waals surface area contributed by atoms with Crippen LogP contribution in [0.2, 0.25) is 0 Å². The SMILES string of the molecule is CCCc1cccc(OC(N)=S)c1CCC. The number of thiocarbonyl (C=S) groups is 1. The smallest absolute Gasteiger partial charge is 0.259 e. The molecular weight excluding hydrogens is 218 g/mol. The Morgan fingerprint density at radius 2 is 1.94 bits per heavy atom. The highest BCUT2D eigenvalue weighted by molar-refractivity contribution is 7.80. The van der Waals surface area contributed by atoms with Crippen molar-refractivity contribution >= 4 is 17.4 Å². The van der Waals surface area contributed by atoms with E-state index in [9.17, 15) is 0 Å². The van der Waals surface area contributed by atoms with Crippen LogP contribution in [0.1, 0.15) is 37.8 Å². The fourth-order valence-corrected chi connectivity index (χ4v) is 1.94. The average molecular weight is 237 g/mol. The molecule has 16 heavy (non-hydrogen) atoms. The monoisotopic (exact) mass is 237 g/mol. The van der Waals surface area contributed by atoms with Crippen molar-refractivity contribution in [3.05, 3.63) is 29.3 Å². The van der Waals surface area contributed by atoms with Crippen LogP contribution < -0.4 is 10.5 Å². The molecule has 0 saturated carbocycles. The maximum atomic E-state index is 5.42. The number of benzene rings is 1. The molecule has 0 fully saturated rings. The van der Waals surface area contributed by atoms with Crippen LogP contribution in [0.15, 0.2) is 18.2 Å². The molecular formula is C13H19NOS. The molecule has 0 aromatic heterocycles. The summed E-state index contributed by atoms with van der Waals surface area (Å²) in [5, 5.41) is 0.0889. The first kappa shape index (κ1) is 13.0. The molecule has 0 aliphatic heterocycles. The Labute approximate surface area is 103 Å². The molecule has 2 N–H and O–H groups in total. The minimum absolute atomic E-state index is 0.0889. The summed E-state index contributed by atoms with van der Waals surface area (Å²) in [6.07, 6.45) is 4.31. The summed E-state index contributed by atoms with van der Waals surface area (Å²) in [6.45, 7) is 4.34. The molecule has 0 heterocycles. The van der Waals surface area contributed by atoms with E-state index in [0.29, 0.717) is 0 Å². The van der Waals surface area contributed by atoms with Gasteiger partial charge in [0.2, 0.25) is 0 Å². The van der Waals surface area contributed by atoms with Crippen molar-refractivity contribution in [3.8, 4) is 5.75 Å². The van der Waals surface area contributed by atoms with Crippen molar-refractivity contribution < 1.29 is 4.74 Å². The van der Waals surface area contributed by atoms with Gasteiger partial charge in [0.05, 0.1) is 0 Å². The first-order valence-electron chi connectivity index (χ1n) is 5.77. The van der Waals surface area contributed by atoms with Crippen molar-refractivity contribution in [1.82, 2.24) is 0 Å². The van der Waals surface area contributed by atoms with Crippen LogP contribution in [-0.2, 0) is 12.8 Å². The van der Waals surface area contributed by atoms with Crippen LogP contribution in [-0.4, -0.2) is 5.17 Å². The maximum absolute atomic E-state index is 5.42. The number of hydrogen-bond acceptors (Lipinski definition) is 2. The number of hydrogen-bond donors (Lipinski definition) is 1. The summed E-state index contributed by atoms with van der Waals surface area (Å²) in [7, 11) is 0. The Balaban J connectivity index is 3.04. The minimum atomic E-state index is 0.0889. The molecule has 0 aliphatic rings. The number of aryl methyl sites for hydroxylation is 1. The Hall–Kier alpha value is -1.09. The van der Waals surface area contributed by atoms with Crippen LogP contribution in [0.5, 0.6) is 5.75 Å². The van der Waals surface area contributed by atoms with E-state index in [2.05, 4.69) is 19.9 Å². The van der Waals surface area contributed by atoms with Crippen molar-refractivity contribution in [2.24, 2.45) is 5.73 Å². The zero-order valence-corrected chi connectivity index (χ0v) is 10.8. The Kier molecular flexibility index (Phi) is 5.26. The molecule has 0 unspecified atom stereocenters. The van der Waals surface area contributed by atoms with E-state index in [1.54, 1.807) is 0 Å². The first-order valence-corrected chi connectivity index (χ1v) is 6.17. The summed E-state index contributed by atoms with van der Waals surface area (Å²) in [6, 6.07) is 6.09. The van der Waals surface area contributed by atoms with E-state index in [1.165, 1.54) is 11.1 Å². The van der Waals surface area contributed by atoms with Crippen LogP contribution >= 0.6 is 12.2 Å². The summed E-state index contributed by atoms with van der Waals surface area (Å²) in [5.41, 5.74) is 8.02. The van der Waals surface area contributed by atoms with Gasteiger partial charge in [-0.05, 0) is 42.3 Å². The predicted molar refractivity (Wildman–Crippen MR) is 71.8 cm³/mol. The topological polar surface area (TPSA) is 35.2 Å². The molecule has 2 nitrogen and oxygen atoms in total. The van der Waals surface area contributed by atoms with Gasteiger partial charge in [-0.3, -0.25) is 0 Å². The summed E-state index contributed by atoms with van der Waals surface area (Å²) >= 11 is 4.78. The molecule has 0 amide bonds. The van der Waals surface area contributed by atoms with Gasteiger partial charge in [0.15, 0.2) is 0 Å². The van der Waals surface area contributed by atoms with Crippen molar-refractivity contribution in [2.75, 3.05) is 0 Å². The second-order valence-corrected chi connectivity index (χ2v) is 4.22. The van der Waals surface area contributed by atoms with Gasteiger partial charge < -0.3 is 10.5 Å². The molecule has 3 heteroatoms. The van der Waals surface area contributed by atoms with Crippen molar-refractivity contribution in [1.29, 1.82) is 0 Å². The summed E-state index contributed by atoms with van der Waals surface area (Å²) in [4.78, 5) is 0. The third kappa shape index (κ3) is 3.49. The van der Waals surface area contributed by atoms with E-state index < -0.39 is 0 Å². The molecule has 88 valence electrons. The normalized spacial score (nSPS) is 10.1. The largest absolute Gasteiger partial charge is 0.432 e. The van der Waals surface area contributed by atoms with Crippen molar-refractivity contribution in [2.45, 2.75) is 39.5 Å². The second kappa shape index (κ2) is 6.48. The Morgan fingerprint density at radius 1 is 1.25 bits per heavy atom. The van der Waals surface area contributed by atoms with Crippen LogP contribution in [0.3, 0.4) is 0 Å². The first-order chi connectivity index (χ1) is 7.69. The molecule has 1 aromatic rings. The standard InChI is InChI=1S/C13H19NOS/c1-3-6-10-8-5-9-12(15-13(14)16)11(10)7-4-2/h5,8-9H,3-4,6-7H2,1-2H3,(H2,14,16). The Morgan fingerprint density at radius 3 is 2.50 bits per heavy atom. The summed E-state index contributed by atoms with van der Waals surface area (Å²) < 4.78 is 5.39. The lowest BCUT2D eigenvalue weighted by Gasteiger charge is -2.13. The third-order valence-corrected chi connectivity index (χ3v) is 2.54. The lowest BCUT2D eigenvalue weighted by atomic mass is 9.99. The third-order valence-electron chi connectivity index (χ3n) is 2.46. The summed E-state index contributed by atoms with van der Waals surface area (Å²) in [5.74, 6) is 0.820. The molecule has 0 bridgehead atoms. The highest BCUT2D eigenvalue weighted by Gasteiger charge is 2.09. The molecule has 1 aromatic carbocycles. The molecule has 0 aliphatic carbocycles. The van der Waals surface area contributed by atoms with E-state index in [0.717, 1.165) is 31.4 Å². The quantitative estimate of drug-likeness (QED) is 0.799. The van der Waals surface area contributed by atoms with Crippen LogP contribution in [0, 0.1) is 0 Å². The van der Waals surface area contributed by atoms with Gasteiger partial charge in [-0.25, -0.2) is 0 Å². The second-order valence-electron chi connectivity index (χ2n) is 3.81. The zero-order chi connectivity index (χ0) is 12.0. The maximum Gasteiger partial charge on any atom is 0.259 e. The van der Waals surface area contributed by atoms with E-state index in [-0.39, 0.29) is 5.17 Å². The van der Waals surface area contributed by atoms with Gasteiger partial charge in [0, 0.05) is 0 Å². The van der Waals surface area contributed by atoms with E-state index >= 15 is 0 Å². The van der Waals surface area contributed by atoms with Gasteiger partial charge in [-0.15, -0.1) is 0 Å². The van der Waals surface area contributed by atoms with E-state index in [4.69, 9.17) is 22.7 Å². The lowest BCUT2D eigenvalue weighted by Crippen LogP contribution is -2.17. The van der Waals surface area contributed by atoms with Gasteiger partial charge >= 0.3 is 0 Å². The average Bonchev–Trinajstić information content (AvgIpc) is 2.22. The molecule has 0 atom stereocenters. The molecule has 0 saturated heterocycles. The highest BCUT2D eigenvalue weighted by atomic mass is 32.1. The van der Waals surface area contributed by atoms with Gasteiger partial charge in [-0.1, -0.05) is 38.8 Å². The van der Waals surface area contributed by atoms with Crippen LogP contribution in [0.25, 0.3) is 0 Å². The predicted octanol–water partition coefficient (Wildman–Crippen LogP) is 3.21. The number of rotatable bonds is 5. The number of nitrogens with two attached hydrogens (primary N) is 1.